The first kappa shape index (κ1) is 13.9. The monoisotopic (exact) mass is 315 g/mol. The van der Waals surface area contributed by atoms with Crippen molar-refractivity contribution in [3.63, 3.8) is 0 Å². The Labute approximate surface area is 130 Å². The molecule has 2 aromatic rings. The standard InChI is InChI=1S/C15H14FN5O2/c16-9-1-2-11-10(7-9)12(18-8-17-11)21-5-3-15(4-6-21)13(22)19-14(23)20-15/h1-2,7-8H,3-6H2,(H2,19,20,22,23). The zero-order valence-electron chi connectivity index (χ0n) is 12.2. The predicted octanol–water partition coefficient (Wildman–Crippen LogP) is 0.947. The zero-order chi connectivity index (χ0) is 16.0. The lowest BCUT2D eigenvalue weighted by Gasteiger charge is -2.37. The largest absolute Gasteiger partial charge is 0.356 e. The maximum Gasteiger partial charge on any atom is 0.322 e. The van der Waals surface area contributed by atoms with Gasteiger partial charge in [0.15, 0.2) is 0 Å². The molecule has 2 aliphatic rings. The molecule has 3 heterocycles. The van der Waals surface area contributed by atoms with E-state index in [1.165, 1.54) is 18.5 Å². The van der Waals surface area contributed by atoms with Crippen LogP contribution in [0, 0.1) is 5.82 Å². The Bertz CT molecular complexity index is 817. The van der Waals surface area contributed by atoms with Gasteiger partial charge in [-0.1, -0.05) is 0 Å². The van der Waals surface area contributed by atoms with Crippen molar-refractivity contribution in [2.45, 2.75) is 18.4 Å². The Morgan fingerprint density at radius 3 is 2.65 bits per heavy atom. The molecule has 23 heavy (non-hydrogen) atoms. The number of piperidine rings is 1. The number of hydrogen-bond acceptors (Lipinski definition) is 5. The van der Waals surface area contributed by atoms with Gasteiger partial charge in [0, 0.05) is 18.5 Å². The van der Waals surface area contributed by atoms with Crippen molar-refractivity contribution < 1.29 is 14.0 Å². The summed E-state index contributed by atoms with van der Waals surface area (Å²) in [7, 11) is 0. The molecule has 2 saturated heterocycles. The number of anilines is 1. The fraction of sp³-hybridized carbons (Fsp3) is 0.333. The lowest BCUT2D eigenvalue weighted by molar-refractivity contribution is -0.124. The number of fused-ring (bicyclic) bond motifs is 1. The van der Waals surface area contributed by atoms with Gasteiger partial charge in [-0.3, -0.25) is 10.1 Å². The first-order chi connectivity index (χ1) is 11.1. The average molecular weight is 315 g/mol. The van der Waals surface area contributed by atoms with Crippen LogP contribution in [-0.4, -0.2) is 40.5 Å². The van der Waals surface area contributed by atoms with Gasteiger partial charge < -0.3 is 10.2 Å². The quantitative estimate of drug-likeness (QED) is 0.765. The van der Waals surface area contributed by atoms with E-state index in [0.717, 1.165) is 0 Å². The molecule has 7 nitrogen and oxygen atoms in total. The summed E-state index contributed by atoms with van der Waals surface area (Å²) in [5.74, 6) is 0.0271. The highest BCUT2D eigenvalue weighted by Gasteiger charge is 2.48. The molecule has 0 atom stereocenters. The minimum Gasteiger partial charge on any atom is -0.356 e. The summed E-state index contributed by atoms with van der Waals surface area (Å²) in [6, 6.07) is 3.95. The Balaban J connectivity index is 1.63. The van der Waals surface area contributed by atoms with Crippen LogP contribution in [-0.2, 0) is 4.79 Å². The molecular formula is C15H14FN5O2. The molecule has 0 radical (unpaired) electrons. The number of halogens is 1. The molecular weight excluding hydrogens is 301 g/mol. The summed E-state index contributed by atoms with van der Waals surface area (Å²) in [6.07, 6.45) is 2.40. The molecule has 8 heteroatoms. The Morgan fingerprint density at radius 1 is 1.17 bits per heavy atom. The van der Waals surface area contributed by atoms with Gasteiger partial charge >= 0.3 is 6.03 Å². The SMILES string of the molecule is O=C1NC(=O)C2(CCN(c3ncnc4ccc(F)cc34)CC2)N1. The first-order valence-electron chi connectivity index (χ1n) is 7.36. The van der Waals surface area contributed by atoms with E-state index < -0.39 is 11.6 Å². The molecule has 0 aliphatic carbocycles. The smallest absolute Gasteiger partial charge is 0.322 e. The molecule has 3 amide bonds. The number of hydrogen-bond donors (Lipinski definition) is 2. The van der Waals surface area contributed by atoms with Gasteiger partial charge in [-0.15, -0.1) is 0 Å². The summed E-state index contributed by atoms with van der Waals surface area (Å²) >= 11 is 0. The molecule has 4 rings (SSSR count). The minimum absolute atomic E-state index is 0.277. The van der Waals surface area contributed by atoms with E-state index in [4.69, 9.17) is 0 Å². The average Bonchev–Trinajstić information content (AvgIpc) is 2.81. The molecule has 0 saturated carbocycles. The first-order valence-corrected chi connectivity index (χ1v) is 7.36. The van der Waals surface area contributed by atoms with Crippen LogP contribution in [0.4, 0.5) is 15.0 Å². The van der Waals surface area contributed by atoms with Crippen molar-refractivity contribution >= 4 is 28.7 Å². The van der Waals surface area contributed by atoms with Gasteiger partial charge in [0.25, 0.3) is 5.91 Å². The van der Waals surface area contributed by atoms with Crippen LogP contribution in [0.2, 0.25) is 0 Å². The Morgan fingerprint density at radius 2 is 1.96 bits per heavy atom. The van der Waals surface area contributed by atoms with Crippen LogP contribution < -0.4 is 15.5 Å². The summed E-state index contributed by atoms with van der Waals surface area (Å²) in [5, 5.41) is 5.65. The molecule has 2 fully saturated rings. The van der Waals surface area contributed by atoms with E-state index in [1.807, 2.05) is 4.90 Å². The van der Waals surface area contributed by atoms with Gasteiger partial charge in [-0.25, -0.2) is 19.2 Å². The number of carbonyl (C=O) groups is 2. The summed E-state index contributed by atoms with van der Waals surface area (Å²) in [4.78, 5) is 33.8. The van der Waals surface area contributed by atoms with E-state index in [1.54, 1.807) is 6.07 Å². The second-order valence-corrected chi connectivity index (χ2v) is 5.84. The maximum absolute atomic E-state index is 13.5. The molecule has 1 spiro atoms. The van der Waals surface area contributed by atoms with Gasteiger partial charge in [-0.05, 0) is 31.0 Å². The van der Waals surface area contributed by atoms with Crippen molar-refractivity contribution in [3.05, 3.63) is 30.3 Å². The van der Waals surface area contributed by atoms with Crippen LogP contribution in [0.3, 0.4) is 0 Å². The maximum atomic E-state index is 13.5. The fourth-order valence-electron chi connectivity index (χ4n) is 3.25. The number of benzene rings is 1. The van der Waals surface area contributed by atoms with Crippen LogP contribution >= 0.6 is 0 Å². The molecule has 2 aliphatic heterocycles. The van der Waals surface area contributed by atoms with E-state index >= 15 is 0 Å². The lowest BCUT2D eigenvalue weighted by atomic mass is 9.87. The number of amides is 3. The molecule has 2 N–H and O–H groups in total. The number of imide groups is 1. The van der Waals surface area contributed by atoms with Gasteiger partial charge in [0.2, 0.25) is 0 Å². The van der Waals surface area contributed by atoms with Crippen LogP contribution in [0.25, 0.3) is 10.9 Å². The molecule has 1 aromatic carbocycles. The zero-order valence-corrected chi connectivity index (χ0v) is 12.2. The van der Waals surface area contributed by atoms with Crippen LogP contribution in [0.15, 0.2) is 24.5 Å². The lowest BCUT2D eigenvalue weighted by Crippen LogP contribution is -2.55. The Hall–Kier alpha value is -2.77. The van der Waals surface area contributed by atoms with E-state index in [-0.39, 0.29) is 11.7 Å². The topological polar surface area (TPSA) is 87.2 Å². The Kier molecular flexibility index (Phi) is 2.93. The third-order valence-corrected chi connectivity index (χ3v) is 4.51. The van der Waals surface area contributed by atoms with Crippen LogP contribution in [0.1, 0.15) is 12.8 Å². The van der Waals surface area contributed by atoms with Gasteiger partial charge in [0.05, 0.1) is 5.52 Å². The summed E-state index contributed by atoms with van der Waals surface area (Å²) in [6.45, 7) is 1.08. The highest BCUT2D eigenvalue weighted by atomic mass is 19.1. The second kappa shape index (κ2) is 4.87. The summed E-state index contributed by atoms with van der Waals surface area (Å²) < 4.78 is 13.5. The number of carbonyl (C=O) groups excluding carboxylic acids is 2. The summed E-state index contributed by atoms with van der Waals surface area (Å²) in [5.41, 5.74) is -0.162. The van der Waals surface area contributed by atoms with Crippen molar-refractivity contribution in [1.29, 1.82) is 0 Å². The number of nitrogens with zero attached hydrogens (tertiary/aromatic N) is 3. The van der Waals surface area contributed by atoms with E-state index in [2.05, 4.69) is 20.6 Å². The normalized spacial score (nSPS) is 20.0. The predicted molar refractivity (Wildman–Crippen MR) is 80.3 cm³/mol. The molecule has 1 aromatic heterocycles. The van der Waals surface area contributed by atoms with Gasteiger partial charge in [0.1, 0.15) is 23.5 Å². The number of nitrogens with one attached hydrogen (secondary N) is 2. The number of aromatic nitrogens is 2. The van der Waals surface area contributed by atoms with Crippen molar-refractivity contribution in [1.82, 2.24) is 20.6 Å². The highest BCUT2D eigenvalue weighted by Crippen LogP contribution is 2.31. The van der Waals surface area contributed by atoms with Crippen LogP contribution in [0.5, 0.6) is 0 Å². The van der Waals surface area contributed by atoms with Crippen molar-refractivity contribution in [2.75, 3.05) is 18.0 Å². The molecule has 0 unspecified atom stereocenters. The third-order valence-electron chi connectivity index (χ3n) is 4.51. The van der Waals surface area contributed by atoms with E-state index in [0.29, 0.717) is 42.7 Å². The van der Waals surface area contributed by atoms with E-state index in [9.17, 15) is 14.0 Å². The van der Waals surface area contributed by atoms with Crippen molar-refractivity contribution in [3.8, 4) is 0 Å². The third kappa shape index (κ3) is 2.18. The minimum atomic E-state index is -0.832. The molecule has 118 valence electrons. The second-order valence-electron chi connectivity index (χ2n) is 5.84. The van der Waals surface area contributed by atoms with Gasteiger partial charge in [-0.2, -0.15) is 0 Å². The fourth-order valence-corrected chi connectivity index (χ4v) is 3.25. The van der Waals surface area contributed by atoms with Crippen molar-refractivity contribution in [2.24, 2.45) is 0 Å². The number of urea groups is 1. The molecule has 0 bridgehead atoms. The number of rotatable bonds is 1. The highest BCUT2D eigenvalue weighted by molar-refractivity contribution is 6.07.